The van der Waals surface area contributed by atoms with Gasteiger partial charge in [-0.15, -0.1) is 0 Å². The van der Waals surface area contributed by atoms with Crippen molar-refractivity contribution < 1.29 is 57.8 Å². The predicted octanol–water partition coefficient (Wildman–Crippen LogP) is -4.13. The van der Waals surface area contributed by atoms with Crippen molar-refractivity contribution in [1.82, 2.24) is 0 Å². The van der Waals surface area contributed by atoms with Crippen LogP contribution in [0.3, 0.4) is 0 Å². The van der Waals surface area contributed by atoms with Gasteiger partial charge in [0.2, 0.25) is 5.79 Å². The molecule has 0 spiro atoms. The molecule has 1 aliphatic heterocycles. The smallest absolute Gasteiger partial charge is 0.387 e. The fourth-order valence-corrected chi connectivity index (χ4v) is 2.17. The van der Waals surface area contributed by atoms with Crippen molar-refractivity contribution in [3.8, 4) is 0 Å². The molecule has 0 aromatic heterocycles. The summed E-state index contributed by atoms with van der Waals surface area (Å²) in [6.07, 6.45) is -5.38. The summed E-state index contributed by atoms with van der Waals surface area (Å²) in [5, 5.41) is 28.8. The summed E-state index contributed by atoms with van der Waals surface area (Å²) < 4.78 is 33.6. The summed E-state index contributed by atoms with van der Waals surface area (Å²) in [4.78, 5) is 33.9. The third-order valence-corrected chi connectivity index (χ3v) is 3.32. The van der Waals surface area contributed by atoms with Gasteiger partial charge in [0.15, 0.2) is 0 Å². The van der Waals surface area contributed by atoms with Crippen molar-refractivity contribution >= 4 is 104 Å². The number of ether oxygens (including phenoxy) is 1. The van der Waals surface area contributed by atoms with Gasteiger partial charge < -0.3 is 39.6 Å². The Morgan fingerprint density at radius 3 is 1.78 bits per heavy atom. The van der Waals surface area contributed by atoms with Crippen molar-refractivity contribution in [3.63, 3.8) is 0 Å². The van der Waals surface area contributed by atoms with Crippen molar-refractivity contribution in [1.29, 1.82) is 0 Å². The first-order valence-electron chi connectivity index (χ1n) is 5.00. The Hall–Kier alpha value is 3.06. The molecule has 4 atom stereocenters. The van der Waals surface area contributed by atoms with Crippen LogP contribution in [0.4, 0.5) is 0 Å². The molecule has 17 heteroatoms. The summed E-state index contributed by atoms with van der Waals surface area (Å²) >= 11 is 0. The van der Waals surface area contributed by atoms with E-state index in [-0.39, 0.29) is 88.7 Å². The fraction of sp³-hybridized carbons (Fsp3) is 1.00. The van der Waals surface area contributed by atoms with Crippen molar-refractivity contribution in [2.45, 2.75) is 24.1 Å². The van der Waals surface area contributed by atoms with Crippen LogP contribution in [-0.4, -0.2) is 161 Å². The van der Waals surface area contributed by atoms with E-state index in [9.17, 15) is 24.4 Å². The SMILES string of the molecule is O=P(O)(O)OC[C@H]1O[C@@](O)(COP(=O)(O)O)C(O)[C@H]1O.[Na].[Na].[Na]. The molecular formula is C6H14Na3O12P2. The Morgan fingerprint density at radius 1 is 0.957 bits per heavy atom. The minimum Gasteiger partial charge on any atom is -0.387 e. The zero-order valence-electron chi connectivity index (χ0n) is 12.7. The van der Waals surface area contributed by atoms with Crippen molar-refractivity contribution in [3.05, 3.63) is 0 Å². The number of rotatable bonds is 6. The van der Waals surface area contributed by atoms with Crippen molar-refractivity contribution in [2.75, 3.05) is 13.2 Å². The maximum atomic E-state index is 10.5. The molecule has 7 N–H and O–H groups in total. The van der Waals surface area contributed by atoms with Crippen LogP contribution in [0.5, 0.6) is 0 Å². The Morgan fingerprint density at radius 2 is 1.39 bits per heavy atom. The van der Waals surface area contributed by atoms with Gasteiger partial charge in [-0.05, 0) is 0 Å². The predicted molar refractivity (Wildman–Crippen MR) is 75.1 cm³/mol. The van der Waals surface area contributed by atoms with Gasteiger partial charge in [0.1, 0.15) is 24.9 Å². The summed E-state index contributed by atoms with van der Waals surface area (Å²) in [6, 6.07) is 0. The molecule has 0 bridgehead atoms. The number of aliphatic hydroxyl groups is 3. The van der Waals surface area contributed by atoms with Gasteiger partial charge in [0.05, 0.1) is 6.61 Å². The zero-order valence-corrected chi connectivity index (χ0v) is 20.5. The monoisotopic (exact) mass is 409 g/mol. The van der Waals surface area contributed by atoms with E-state index in [1.807, 2.05) is 0 Å². The first kappa shape index (κ1) is 30.8. The Bertz CT molecular complexity index is 441. The zero-order chi connectivity index (χ0) is 15.8. The third-order valence-electron chi connectivity index (χ3n) is 2.37. The van der Waals surface area contributed by atoms with E-state index in [1.54, 1.807) is 0 Å². The summed E-state index contributed by atoms with van der Waals surface area (Å²) in [7, 11) is -9.82. The molecule has 0 saturated carbocycles. The molecule has 1 fully saturated rings. The molecule has 0 aromatic carbocycles. The largest absolute Gasteiger partial charge is 0.469 e. The standard InChI is InChI=1S/C6H14O12P2.3Na/c7-4-3(1-16-19(10,11)12)18-6(9,5(4)8)2-17-20(13,14)15;;;/h3-5,7-9H,1-2H2,(H2,10,11,12)(H2,13,14,15);;;/t3-,4+,5?,6+;;;/m1.../s1. The maximum Gasteiger partial charge on any atom is 0.469 e. The summed E-state index contributed by atoms with van der Waals surface area (Å²) in [6.45, 7) is -2.05. The molecule has 1 saturated heterocycles. The van der Waals surface area contributed by atoms with E-state index in [2.05, 4.69) is 13.8 Å². The van der Waals surface area contributed by atoms with Crippen LogP contribution in [0.1, 0.15) is 0 Å². The van der Waals surface area contributed by atoms with E-state index in [0.29, 0.717) is 0 Å². The third kappa shape index (κ3) is 10.8. The fourth-order valence-electron chi connectivity index (χ4n) is 1.47. The molecule has 23 heavy (non-hydrogen) atoms. The first-order valence-corrected chi connectivity index (χ1v) is 8.07. The van der Waals surface area contributed by atoms with Crippen LogP contribution < -0.4 is 0 Å². The normalized spacial score (nSPS) is 30.8. The number of phosphoric ester groups is 2. The Kier molecular flexibility index (Phi) is 15.8. The molecule has 1 rings (SSSR count). The number of aliphatic hydroxyl groups excluding tert-OH is 2. The van der Waals surface area contributed by atoms with Crippen LogP contribution in [0.15, 0.2) is 0 Å². The van der Waals surface area contributed by atoms with E-state index in [1.165, 1.54) is 0 Å². The molecule has 1 heterocycles. The molecule has 12 nitrogen and oxygen atoms in total. The number of hydrogen-bond donors (Lipinski definition) is 7. The molecule has 0 aliphatic carbocycles. The Labute approximate surface area is 197 Å². The van der Waals surface area contributed by atoms with Gasteiger partial charge in [-0.2, -0.15) is 0 Å². The second-order valence-electron chi connectivity index (χ2n) is 3.99. The van der Waals surface area contributed by atoms with E-state index < -0.39 is 53.0 Å². The van der Waals surface area contributed by atoms with E-state index >= 15 is 0 Å². The number of hydrogen-bond acceptors (Lipinski definition) is 8. The first-order chi connectivity index (χ1) is 8.84. The molecule has 1 aliphatic rings. The van der Waals surface area contributed by atoms with E-state index in [0.717, 1.165) is 0 Å². The van der Waals surface area contributed by atoms with E-state index in [4.69, 9.17) is 19.6 Å². The second-order valence-corrected chi connectivity index (χ2v) is 6.47. The maximum absolute atomic E-state index is 10.5. The van der Waals surface area contributed by atoms with Crippen LogP contribution in [-0.2, 0) is 22.9 Å². The average molecular weight is 409 g/mol. The van der Waals surface area contributed by atoms with Gasteiger partial charge in [0.25, 0.3) is 0 Å². The summed E-state index contributed by atoms with van der Waals surface area (Å²) in [5.74, 6) is -2.66. The Balaban J connectivity index is -0.00000133. The van der Waals surface area contributed by atoms with Crippen LogP contribution in [0.2, 0.25) is 0 Å². The van der Waals surface area contributed by atoms with Crippen LogP contribution >= 0.6 is 15.6 Å². The minimum atomic E-state index is -4.96. The van der Waals surface area contributed by atoms with Gasteiger partial charge in [-0.3, -0.25) is 9.05 Å². The second kappa shape index (κ2) is 11.8. The van der Waals surface area contributed by atoms with Gasteiger partial charge >= 0.3 is 15.6 Å². The van der Waals surface area contributed by atoms with Crippen molar-refractivity contribution in [2.24, 2.45) is 0 Å². The van der Waals surface area contributed by atoms with Gasteiger partial charge in [-0.1, -0.05) is 0 Å². The minimum absolute atomic E-state index is 0. The summed E-state index contributed by atoms with van der Waals surface area (Å²) in [5.41, 5.74) is 0. The number of phosphoric acid groups is 2. The molecule has 0 aromatic rings. The van der Waals surface area contributed by atoms with Gasteiger partial charge in [-0.25, -0.2) is 9.13 Å². The topological polar surface area (TPSA) is 203 Å². The molecule has 3 radical (unpaired) electrons. The van der Waals surface area contributed by atoms with Gasteiger partial charge in [0, 0.05) is 88.7 Å². The van der Waals surface area contributed by atoms with Crippen LogP contribution in [0.25, 0.3) is 0 Å². The molecule has 1 unspecified atom stereocenters. The molecule has 0 amide bonds. The molecular weight excluding hydrogens is 395 g/mol. The average Bonchev–Trinajstić information content (AvgIpc) is 2.48. The molecule has 123 valence electrons. The van der Waals surface area contributed by atoms with Crippen LogP contribution in [0, 0.1) is 0 Å². The quantitative estimate of drug-likeness (QED) is 0.165.